The van der Waals surface area contributed by atoms with Crippen LogP contribution in [0.25, 0.3) is 11.3 Å². The van der Waals surface area contributed by atoms with Crippen LogP contribution in [0.15, 0.2) is 34.9 Å². The van der Waals surface area contributed by atoms with Crippen LogP contribution >= 0.6 is 12.2 Å². The van der Waals surface area contributed by atoms with Crippen molar-refractivity contribution >= 4 is 23.2 Å². The fourth-order valence-electron chi connectivity index (χ4n) is 2.13. The van der Waals surface area contributed by atoms with Gasteiger partial charge >= 0.3 is 0 Å². The molecule has 128 valence electrons. The van der Waals surface area contributed by atoms with Gasteiger partial charge in [0.2, 0.25) is 0 Å². The van der Waals surface area contributed by atoms with E-state index < -0.39 is 0 Å². The SMILES string of the molecule is Cc1onc(-c2ccccc2)c1C(=O)NNC(=S)NCCC(C)C. The number of thiocarbonyl (C=S) groups is 1. The summed E-state index contributed by atoms with van der Waals surface area (Å²) < 4.78 is 5.18. The fraction of sp³-hybridized carbons (Fsp3) is 0.353. The molecule has 1 amide bonds. The Morgan fingerprint density at radius 3 is 2.62 bits per heavy atom. The van der Waals surface area contributed by atoms with Crippen molar-refractivity contribution in [3.05, 3.63) is 41.7 Å². The zero-order chi connectivity index (χ0) is 17.5. The van der Waals surface area contributed by atoms with E-state index in [-0.39, 0.29) is 5.91 Å². The van der Waals surface area contributed by atoms with Crippen LogP contribution < -0.4 is 16.2 Å². The van der Waals surface area contributed by atoms with Crippen LogP contribution in [-0.2, 0) is 0 Å². The number of hydrogen-bond donors (Lipinski definition) is 3. The Morgan fingerprint density at radius 2 is 1.96 bits per heavy atom. The first-order valence-corrected chi connectivity index (χ1v) is 8.25. The predicted molar refractivity (Wildman–Crippen MR) is 97.3 cm³/mol. The number of rotatable bonds is 5. The number of amides is 1. The molecule has 0 saturated heterocycles. The van der Waals surface area contributed by atoms with Gasteiger partial charge in [-0.1, -0.05) is 49.3 Å². The Morgan fingerprint density at radius 1 is 1.25 bits per heavy atom. The van der Waals surface area contributed by atoms with Gasteiger partial charge in [-0.15, -0.1) is 0 Å². The van der Waals surface area contributed by atoms with Crippen LogP contribution in [0.1, 0.15) is 36.4 Å². The molecule has 0 aliphatic rings. The highest BCUT2D eigenvalue weighted by Crippen LogP contribution is 2.24. The van der Waals surface area contributed by atoms with Crippen LogP contribution in [0, 0.1) is 12.8 Å². The molecule has 1 heterocycles. The largest absolute Gasteiger partial charge is 0.361 e. The van der Waals surface area contributed by atoms with Crippen LogP contribution in [0.2, 0.25) is 0 Å². The van der Waals surface area contributed by atoms with E-state index in [2.05, 4.69) is 35.2 Å². The smallest absolute Gasteiger partial charge is 0.275 e. The molecule has 0 saturated carbocycles. The molecule has 2 aromatic rings. The number of carbonyl (C=O) groups is 1. The van der Waals surface area contributed by atoms with Gasteiger partial charge in [-0.3, -0.25) is 15.6 Å². The molecule has 2 rings (SSSR count). The highest BCUT2D eigenvalue weighted by molar-refractivity contribution is 7.80. The minimum Gasteiger partial charge on any atom is -0.361 e. The van der Waals surface area contributed by atoms with Gasteiger partial charge in [-0.05, 0) is 31.5 Å². The minimum atomic E-state index is -0.347. The van der Waals surface area contributed by atoms with Crippen molar-refractivity contribution in [3.8, 4) is 11.3 Å². The van der Waals surface area contributed by atoms with E-state index in [9.17, 15) is 4.79 Å². The van der Waals surface area contributed by atoms with E-state index in [1.807, 2.05) is 30.3 Å². The van der Waals surface area contributed by atoms with Gasteiger partial charge in [0, 0.05) is 12.1 Å². The Kier molecular flexibility index (Phi) is 6.31. The van der Waals surface area contributed by atoms with Gasteiger partial charge in [0.15, 0.2) is 5.11 Å². The van der Waals surface area contributed by atoms with E-state index >= 15 is 0 Å². The predicted octanol–water partition coefficient (Wildman–Crippen LogP) is 2.81. The van der Waals surface area contributed by atoms with Crippen LogP contribution in [0.5, 0.6) is 0 Å². The molecule has 1 aromatic heterocycles. The number of nitrogens with one attached hydrogen (secondary N) is 3. The van der Waals surface area contributed by atoms with E-state index in [1.54, 1.807) is 6.92 Å². The van der Waals surface area contributed by atoms with Crippen molar-refractivity contribution in [2.45, 2.75) is 27.2 Å². The monoisotopic (exact) mass is 346 g/mol. The standard InChI is InChI=1S/C17H22N4O2S/c1-11(2)9-10-18-17(24)20-19-16(22)14-12(3)23-21-15(14)13-7-5-4-6-8-13/h4-8,11H,9-10H2,1-3H3,(H,19,22)(H2,18,20,24). The Bertz CT molecular complexity index is 698. The van der Waals surface area contributed by atoms with Crippen LogP contribution in [0.3, 0.4) is 0 Å². The van der Waals surface area contributed by atoms with Crippen molar-refractivity contribution in [2.24, 2.45) is 5.92 Å². The van der Waals surface area contributed by atoms with Gasteiger partial charge < -0.3 is 9.84 Å². The summed E-state index contributed by atoms with van der Waals surface area (Å²) >= 11 is 5.14. The quantitative estimate of drug-likeness (QED) is 0.571. The second-order valence-electron chi connectivity index (χ2n) is 5.85. The molecule has 0 atom stereocenters. The highest BCUT2D eigenvalue weighted by Gasteiger charge is 2.21. The molecule has 0 aliphatic heterocycles. The van der Waals surface area contributed by atoms with E-state index in [1.165, 1.54) is 0 Å². The summed E-state index contributed by atoms with van der Waals surface area (Å²) in [6.07, 6.45) is 0.999. The second-order valence-corrected chi connectivity index (χ2v) is 6.25. The first-order valence-electron chi connectivity index (χ1n) is 7.85. The van der Waals surface area contributed by atoms with Crippen molar-refractivity contribution in [1.82, 2.24) is 21.3 Å². The Hall–Kier alpha value is -2.41. The molecular formula is C17H22N4O2S. The van der Waals surface area contributed by atoms with E-state index in [0.29, 0.717) is 28.0 Å². The molecule has 24 heavy (non-hydrogen) atoms. The maximum Gasteiger partial charge on any atom is 0.275 e. The zero-order valence-electron chi connectivity index (χ0n) is 14.1. The molecule has 0 spiro atoms. The lowest BCUT2D eigenvalue weighted by Crippen LogP contribution is -2.47. The lowest BCUT2D eigenvalue weighted by Gasteiger charge is -2.12. The van der Waals surface area contributed by atoms with E-state index in [0.717, 1.165) is 18.5 Å². The van der Waals surface area contributed by atoms with Gasteiger partial charge in [-0.25, -0.2) is 0 Å². The van der Waals surface area contributed by atoms with E-state index in [4.69, 9.17) is 16.7 Å². The van der Waals surface area contributed by atoms with Crippen LogP contribution in [0.4, 0.5) is 0 Å². The average Bonchev–Trinajstić information content (AvgIpc) is 2.95. The number of aryl methyl sites for hydroxylation is 1. The van der Waals surface area contributed by atoms with Gasteiger partial charge in [0.25, 0.3) is 5.91 Å². The summed E-state index contributed by atoms with van der Waals surface area (Å²) in [6, 6.07) is 9.42. The van der Waals surface area contributed by atoms with Crippen molar-refractivity contribution < 1.29 is 9.32 Å². The summed E-state index contributed by atoms with van der Waals surface area (Å²) in [4.78, 5) is 12.4. The highest BCUT2D eigenvalue weighted by atomic mass is 32.1. The maximum atomic E-state index is 12.4. The number of carbonyl (C=O) groups excluding carboxylic acids is 1. The van der Waals surface area contributed by atoms with Crippen molar-refractivity contribution in [2.75, 3.05) is 6.54 Å². The second kappa shape index (κ2) is 8.44. The topological polar surface area (TPSA) is 79.2 Å². The lowest BCUT2D eigenvalue weighted by atomic mass is 10.1. The lowest BCUT2D eigenvalue weighted by molar-refractivity contribution is 0.0942. The third-order valence-electron chi connectivity index (χ3n) is 3.43. The first-order chi connectivity index (χ1) is 11.5. The van der Waals surface area contributed by atoms with Crippen molar-refractivity contribution in [3.63, 3.8) is 0 Å². The molecule has 0 bridgehead atoms. The molecule has 0 aliphatic carbocycles. The third-order valence-corrected chi connectivity index (χ3v) is 3.68. The summed E-state index contributed by atoms with van der Waals surface area (Å²) in [5.41, 5.74) is 6.99. The normalized spacial score (nSPS) is 10.5. The summed E-state index contributed by atoms with van der Waals surface area (Å²) in [7, 11) is 0. The number of hydrogen-bond acceptors (Lipinski definition) is 4. The summed E-state index contributed by atoms with van der Waals surface area (Å²) in [5.74, 6) is 0.690. The Labute approximate surface area is 147 Å². The number of aromatic nitrogens is 1. The summed E-state index contributed by atoms with van der Waals surface area (Å²) in [6.45, 7) is 6.73. The zero-order valence-corrected chi connectivity index (χ0v) is 14.9. The van der Waals surface area contributed by atoms with Gasteiger partial charge in [0.1, 0.15) is 17.0 Å². The molecule has 0 radical (unpaired) electrons. The molecule has 6 nitrogen and oxygen atoms in total. The number of benzene rings is 1. The molecule has 0 unspecified atom stereocenters. The minimum absolute atomic E-state index is 0.347. The number of hydrazine groups is 1. The molecule has 7 heteroatoms. The van der Waals surface area contributed by atoms with Crippen molar-refractivity contribution in [1.29, 1.82) is 0 Å². The first kappa shape index (κ1) is 17.9. The molecule has 0 fully saturated rings. The molecular weight excluding hydrogens is 324 g/mol. The number of nitrogens with zero attached hydrogens (tertiary/aromatic N) is 1. The van der Waals surface area contributed by atoms with Gasteiger partial charge in [0.05, 0.1) is 0 Å². The third kappa shape index (κ3) is 4.79. The molecule has 1 aromatic carbocycles. The fourth-order valence-corrected chi connectivity index (χ4v) is 2.28. The average molecular weight is 346 g/mol. The Balaban J connectivity index is 1.98. The molecule has 3 N–H and O–H groups in total. The maximum absolute atomic E-state index is 12.4. The van der Waals surface area contributed by atoms with Crippen LogP contribution in [-0.4, -0.2) is 22.7 Å². The summed E-state index contributed by atoms with van der Waals surface area (Å²) in [5, 5.41) is 7.41. The van der Waals surface area contributed by atoms with Gasteiger partial charge in [-0.2, -0.15) is 0 Å².